The van der Waals surface area contributed by atoms with Crippen molar-refractivity contribution in [2.75, 3.05) is 35.2 Å². The summed E-state index contributed by atoms with van der Waals surface area (Å²) in [4.78, 5) is 0. The van der Waals surface area contributed by atoms with Gasteiger partial charge in [-0.3, -0.25) is 0 Å². The summed E-state index contributed by atoms with van der Waals surface area (Å²) in [6, 6.07) is 7.59. The molecule has 0 spiro atoms. The number of halogens is 6. The lowest BCUT2D eigenvalue weighted by atomic mass is 10.1. The molecule has 0 aliphatic heterocycles. The van der Waals surface area contributed by atoms with E-state index in [1.54, 1.807) is 31.7 Å². The number of aliphatic hydroxyl groups is 2. The molecule has 0 atom stereocenters. The smallest absolute Gasteiger partial charge is 0.399 e. The first-order chi connectivity index (χ1) is 21.7. The van der Waals surface area contributed by atoms with Crippen LogP contribution in [0.4, 0.5) is 37.7 Å². The van der Waals surface area contributed by atoms with Crippen molar-refractivity contribution in [2.45, 2.75) is 117 Å². The Morgan fingerprint density at radius 1 is 0.674 bits per heavy atom. The maximum absolute atomic E-state index is 12.7. The van der Waals surface area contributed by atoms with Crippen molar-refractivity contribution in [1.29, 1.82) is 0 Å². The molecule has 5 N–H and O–H groups in total. The monoisotopic (exact) mass is 702 g/mol. The van der Waals surface area contributed by atoms with Crippen LogP contribution < -0.4 is 11.1 Å². The molecule has 0 heterocycles. The lowest BCUT2D eigenvalue weighted by Gasteiger charge is -2.12. The van der Waals surface area contributed by atoms with Gasteiger partial charge in [0, 0.05) is 11.4 Å². The first-order valence-corrected chi connectivity index (χ1v) is 17.7. The number of aliphatic hydroxyl groups excluding tert-OH is 1. The van der Waals surface area contributed by atoms with Gasteiger partial charge in [0.05, 0.1) is 17.0 Å². The molecular formula is C34H56F6N2O2S2. The molecule has 0 aliphatic rings. The topological polar surface area (TPSA) is 78.5 Å². The number of hydrogen-bond acceptors (Lipinski definition) is 6. The third kappa shape index (κ3) is 27.4. The van der Waals surface area contributed by atoms with Crippen LogP contribution in [0.1, 0.15) is 113 Å². The van der Waals surface area contributed by atoms with Crippen molar-refractivity contribution < 1.29 is 36.6 Å². The Morgan fingerprint density at radius 2 is 1.11 bits per heavy atom. The third-order valence-corrected chi connectivity index (χ3v) is 7.61. The van der Waals surface area contributed by atoms with Gasteiger partial charge in [-0.2, -0.15) is 39.0 Å². The van der Waals surface area contributed by atoms with Gasteiger partial charge in [-0.25, -0.2) is 0 Å². The summed E-state index contributed by atoms with van der Waals surface area (Å²) in [6.07, 6.45) is 7.26. The normalized spacial score (nSPS) is 11.0. The van der Waals surface area contributed by atoms with E-state index in [0.717, 1.165) is 23.6 Å². The fraction of sp³-hybridized carbons (Fsp3) is 0.647. The van der Waals surface area contributed by atoms with Crippen molar-refractivity contribution in [3.8, 4) is 0 Å². The highest BCUT2D eigenvalue weighted by molar-refractivity contribution is 7.99. The molecule has 12 heteroatoms. The van der Waals surface area contributed by atoms with Gasteiger partial charge in [0.15, 0.2) is 0 Å². The highest BCUT2D eigenvalue weighted by Crippen LogP contribution is 2.32. The number of nitrogens with one attached hydrogen (secondary N) is 1. The van der Waals surface area contributed by atoms with E-state index in [0.29, 0.717) is 22.7 Å². The van der Waals surface area contributed by atoms with Crippen molar-refractivity contribution in [1.82, 2.24) is 0 Å². The number of hydrogen-bond donors (Lipinski definition) is 5. The minimum Gasteiger partial charge on any atom is -0.399 e. The zero-order chi connectivity index (χ0) is 35.4. The second kappa shape index (κ2) is 28.3. The second-order valence-electron chi connectivity index (χ2n) is 10.8. The number of nitrogens with two attached hydrogens (primary N) is 1. The Kier molecular flexibility index (Phi) is 28.5. The number of nitrogen functional groups attached to an aromatic ring is 1. The lowest BCUT2D eigenvalue weighted by Crippen LogP contribution is -2.07. The zero-order valence-corrected chi connectivity index (χ0v) is 29.6. The van der Waals surface area contributed by atoms with Crippen LogP contribution in [0.25, 0.3) is 0 Å². The van der Waals surface area contributed by atoms with Crippen LogP contribution in [0, 0.1) is 13.8 Å². The van der Waals surface area contributed by atoms with Crippen molar-refractivity contribution in [3.05, 3.63) is 58.7 Å². The first kappa shape index (κ1) is 46.4. The zero-order valence-electron chi connectivity index (χ0n) is 27.9. The molecule has 2 rings (SSSR count). The third-order valence-electron chi connectivity index (χ3n) is 6.36. The van der Waals surface area contributed by atoms with E-state index in [-0.39, 0.29) is 5.69 Å². The van der Waals surface area contributed by atoms with Crippen LogP contribution in [0.5, 0.6) is 0 Å². The summed E-state index contributed by atoms with van der Waals surface area (Å²) in [6.45, 7) is 6.96. The predicted molar refractivity (Wildman–Crippen MR) is 188 cm³/mol. The van der Waals surface area contributed by atoms with Gasteiger partial charge in [-0.05, 0) is 85.7 Å². The summed E-state index contributed by atoms with van der Waals surface area (Å²) in [5, 5.41) is 17.3. The van der Waals surface area contributed by atoms with Gasteiger partial charge < -0.3 is 21.3 Å². The number of thioether (sulfide) groups is 1. The average molecular weight is 703 g/mol. The number of alkyl halides is 6. The molecule has 0 aliphatic carbocycles. The Labute approximate surface area is 282 Å². The molecule has 2 aromatic carbocycles. The van der Waals surface area contributed by atoms with Gasteiger partial charge in [-0.15, -0.1) is 11.8 Å². The van der Waals surface area contributed by atoms with Crippen LogP contribution in [-0.2, 0) is 12.4 Å². The van der Waals surface area contributed by atoms with Gasteiger partial charge in [-0.1, -0.05) is 78.1 Å². The molecule has 0 radical (unpaired) electrons. The van der Waals surface area contributed by atoms with Gasteiger partial charge in [0.1, 0.15) is 6.79 Å². The average Bonchev–Trinajstić information content (AvgIpc) is 2.96. The molecule has 268 valence electrons. The van der Waals surface area contributed by atoms with Crippen LogP contribution >= 0.6 is 24.4 Å². The Bertz CT molecular complexity index is 982. The van der Waals surface area contributed by atoms with Crippen molar-refractivity contribution >= 4 is 35.8 Å². The van der Waals surface area contributed by atoms with Crippen LogP contribution in [0.2, 0.25) is 0 Å². The molecule has 0 aromatic heterocycles. The van der Waals surface area contributed by atoms with Gasteiger partial charge >= 0.3 is 12.4 Å². The summed E-state index contributed by atoms with van der Waals surface area (Å²) in [7, 11) is 0. The van der Waals surface area contributed by atoms with Gasteiger partial charge in [0.2, 0.25) is 0 Å². The molecule has 0 amide bonds. The predicted octanol–water partition coefficient (Wildman–Crippen LogP) is 11.3. The van der Waals surface area contributed by atoms with Gasteiger partial charge in [0.25, 0.3) is 0 Å². The number of rotatable bonds is 16. The van der Waals surface area contributed by atoms with E-state index in [1.165, 1.54) is 95.2 Å². The largest absolute Gasteiger partial charge is 0.416 e. The highest BCUT2D eigenvalue weighted by Gasteiger charge is 2.31. The molecule has 0 saturated heterocycles. The number of unbranched alkanes of at least 4 members (excludes halogenated alkanes) is 10. The van der Waals surface area contributed by atoms with E-state index < -0.39 is 30.3 Å². The van der Waals surface area contributed by atoms with Crippen molar-refractivity contribution in [2.24, 2.45) is 0 Å². The summed E-state index contributed by atoms with van der Waals surface area (Å²) in [5.41, 5.74) is 5.80. The number of thiol groups is 1. The quantitative estimate of drug-likeness (QED) is 0.0396. The minimum absolute atomic E-state index is 0.141. The van der Waals surface area contributed by atoms with Crippen LogP contribution in [0.3, 0.4) is 0 Å². The molecule has 0 saturated carbocycles. The van der Waals surface area contributed by atoms with Crippen LogP contribution in [0.15, 0.2) is 36.4 Å². The van der Waals surface area contributed by atoms with E-state index in [9.17, 15) is 26.3 Å². The highest BCUT2D eigenvalue weighted by atomic mass is 32.2. The molecule has 4 nitrogen and oxygen atoms in total. The first-order valence-electron chi connectivity index (χ1n) is 15.9. The lowest BCUT2D eigenvalue weighted by molar-refractivity contribution is -0.138. The standard InChI is InChI=1S/C17H26F3NS.C8H8F3N.C8H18S.CH4O2/c1-3-4-5-6-7-8-9-22-13-21-16-11-14(2)10-15(12-16)17(18,19)20;1-5-2-6(8(9,10)11)4-7(12)3-5;1-2-3-4-5-6-7-8-9;2-1-3/h10-12,21H,3-9,13H2,1-2H3;2-4H,12H2,1H3;9H,2-8H2,1H3;2-3H,1H2. The van der Waals surface area contributed by atoms with Crippen LogP contribution in [-0.4, -0.2) is 34.4 Å². The van der Waals surface area contributed by atoms with E-state index >= 15 is 0 Å². The fourth-order valence-electron chi connectivity index (χ4n) is 4.11. The fourth-order valence-corrected chi connectivity index (χ4v) is 5.15. The molecule has 46 heavy (non-hydrogen) atoms. The number of aryl methyl sites for hydroxylation is 2. The van der Waals surface area contributed by atoms with Crippen molar-refractivity contribution in [3.63, 3.8) is 0 Å². The summed E-state index contributed by atoms with van der Waals surface area (Å²) in [5.74, 6) is 2.76. The van der Waals surface area contributed by atoms with E-state index in [2.05, 4.69) is 31.8 Å². The molecular weight excluding hydrogens is 647 g/mol. The SMILES string of the molecule is CCCCCCCCS.CCCCCCCCSCNc1cc(C)cc(C(F)(F)F)c1.Cc1cc(N)cc(C(F)(F)F)c1.OCO. The van der Waals surface area contributed by atoms with E-state index in [1.807, 2.05) is 0 Å². The van der Waals surface area contributed by atoms with E-state index in [4.69, 9.17) is 15.9 Å². The maximum atomic E-state index is 12.7. The molecule has 0 unspecified atom stereocenters. The number of anilines is 2. The summed E-state index contributed by atoms with van der Waals surface area (Å²) >= 11 is 5.88. The summed E-state index contributed by atoms with van der Waals surface area (Å²) < 4.78 is 74.5. The number of benzene rings is 2. The Morgan fingerprint density at radius 3 is 1.57 bits per heavy atom. The minimum atomic E-state index is -4.31. The second-order valence-corrected chi connectivity index (χ2v) is 12.4. The molecule has 2 aromatic rings. The maximum Gasteiger partial charge on any atom is 0.416 e. The Hall–Kier alpha value is -1.76. The molecule has 0 bridgehead atoms. The Balaban J connectivity index is 0. The molecule has 0 fully saturated rings.